The molecule has 1 aliphatic rings. The largest absolute Gasteiger partial charge is 0.480 e. The van der Waals surface area contributed by atoms with Crippen molar-refractivity contribution in [1.82, 2.24) is 15.1 Å². The Morgan fingerprint density at radius 2 is 2.05 bits per heavy atom. The van der Waals surface area contributed by atoms with Crippen LogP contribution in [-0.4, -0.2) is 66.2 Å². The molecule has 0 spiro atoms. The van der Waals surface area contributed by atoms with E-state index in [-0.39, 0.29) is 24.7 Å². The number of urea groups is 1. The molecule has 2 amide bonds. The minimum Gasteiger partial charge on any atom is -0.480 e. The molecule has 1 rings (SSSR count). The normalized spacial score (nSPS) is 16.6. The van der Waals surface area contributed by atoms with E-state index in [4.69, 9.17) is 5.11 Å². The Labute approximate surface area is 114 Å². The first-order valence-electron chi connectivity index (χ1n) is 6.44. The van der Waals surface area contributed by atoms with Crippen LogP contribution in [0.1, 0.15) is 19.3 Å². The van der Waals surface area contributed by atoms with Gasteiger partial charge in [0.2, 0.25) is 0 Å². The van der Waals surface area contributed by atoms with Crippen molar-refractivity contribution in [1.29, 1.82) is 0 Å². The Bertz CT molecular complexity index is 351. The number of carboxylic acids is 1. The third-order valence-corrected chi connectivity index (χ3v) is 3.76. The van der Waals surface area contributed by atoms with Crippen molar-refractivity contribution < 1.29 is 14.7 Å². The fraction of sp³-hybridized carbons (Fsp3) is 0.692. The molecule has 0 aromatic carbocycles. The molecule has 19 heavy (non-hydrogen) atoms. The molecule has 0 saturated heterocycles. The smallest absolute Gasteiger partial charge is 0.323 e. The van der Waals surface area contributed by atoms with E-state index < -0.39 is 5.97 Å². The maximum Gasteiger partial charge on any atom is 0.323 e. The molecule has 0 radical (unpaired) electrons. The summed E-state index contributed by atoms with van der Waals surface area (Å²) >= 11 is 0. The van der Waals surface area contributed by atoms with Crippen molar-refractivity contribution in [3.63, 3.8) is 0 Å². The van der Waals surface area contributed by atoms with E-state index in [2.05, 4.69) is 16.8 Å². The number of hydrogen-bond acceptors (Lipinski definition) is 3. The summed E-state index contributed by atoms with van der Waals surface area (Å²) in [5.41, 5.74) is 0.0265. The molecule has 1 aliphatic carbocycles. The van der Waals surface area contributed by atoms with Crippen molar-refractivity contribution in [2.24, 2.45) is 0 Å². The van der Waals surface area contributed by atoms with Gasteiger partial charge in [-0.2, -0.15) is 0 Å². The second kappa shape index (κ2) is 6.56. The van der Waals surface area contributed by atoms with Gasteiger partial charge in [0.05, 0.1) is 0 Å². The van der Waals surface area contributed by atoms with Gasteiger partial charge >= 0.3 is 12.0 Å². The second-order valence-corrected chi connectivity index (χ2v) is 5.19. The molecule has 1 saturated carbocycles. The summed E-state index contributed by atoms with van der Waals surface area (Å²) in [6.45, 7) is 4.00. The predicted molar refractivity (Wildman–Crippen MR) is 73.1 cm³/mol. The van der Waals surface area contributed by atoms with Gasteiger partial charge in [-0.1, -0.05) is 6.08 Å². The monoisotopic (exact) mass is 269 g/mol. The Hall–Kier alpha value is -1.56. The van der Waals surface area contributed by atoms with Crippen LogP contribution in [0.4, 0.5) is 4.79 Å². The van der Waals surface area contributed by atoms with Gasteiger partial charge in [-0.25, -0.2) is 4.79 Å². The van der Waals surface area contributed by atoms with Crippen molar-refractivity contribution in [2.75, 3.05) is 33.7 Å². The zero-order valence-electron chi connectivity index (χ0n) is 11.7. The van der Waals surface area contributed by atoms with E-state index in [1.54, 1.807) is 0 Å². The molecule has 0 aromatic heterocycles. The number of likely N-dealkylation sites (N-methyl/N-ethyl adjacent to an activating group) is 1. The maximum absolute atomic E-state index is 12.0. The number of nitrogens with one attached hydrogen (secondary N) is 1. The summed E-state index contributed by atoms with van der Waals surface area (Å²) in [6.07, 6.45) is 4.80. The third-order valence-electron chi connectivity index (χ3n) is 3.76. The quantitative estimate of drug-likeness (QED) is 0.669. The highest BCUT2D eigenvalue weighted by Crippen LogP contribution is 2.35. The first-order chi connectivity index (χ1) is 8.91. The third kappa shape index (κ3) is 3.96. The summed E-state index contributed by atoms with van der Waals surface area (Å²) in [5, 5.41) is 11.6. The molecule has 2 N–H and O–H groups in total. The number of amides is 2. The minimum atomic E-state index is -1.03. The Morgan fingerprint density at radius 1 is 1.42 bits per heavy atom. The van der Waals surface area contributed by atoms with Crippen LogP contribution >= 0.6 is 0 Å². The Morgan fingerprint density at radius 3 is 2.42 bits per heavy atom. The zero-order chi connectivity index (χ0) is 14.5. The lowest BCUT2D eigenvalue weighted by atomic mass is 9.75. The highest BCUT2D eigenvalue weighted by Gasteiger charge is 2.39. The van der Waals surface area contributed by atoms with Crippen molar-refractivity contribution in [2.45, 2.75) is 24.8 Å². The first-order valence-corrected chi connectivity index (χ1v) is 6.44. The van der Waals surface area contributed by atoms with Crippen LogP contribution in [0.2, 0.25) is 0 Å². The van der Waals surface area contributed by atoms with Crippen LogP contribution in [0, 0.1) is 0 Å². The summed E-state index contributed by atoms with van der Waals surface area (Å²) in [5.74, 6) is -1.03. The average Bonchev–Trinajstić information content (AvgIpc) is 2.25. The molecule has 0 aromatic rings. The first kappa shape index (κ1) is 15.5. The van der Waals surface area contributed by atoms with Crippen LogP contribution in [0.15, 0.2) is 12.7 Å². The summed E-state index contributed by atoms with van der Waals surface area (Å²) in [7, 11) is 4.01. The summed E-state index contributed by atoms with van der Waals surface area (Å²) in [4.78, 5) is 26.0. The molecule has 6 heteroatoms. The fourth-order valence-electron chi connectivity index (χ4n) is 2.26. The number of rotatable bonds is 7. The van der Waals surface area contributed by atoms with Gasteiger partial charge in [0, 0.05) is 18.6 Å². The molecule has 6 nitrogen and oxygen atoms in total. The van der Waals surface area contributed by atoms with Gasteiger partial charge < -0.3 is 20.2 Å². The van der Waals surface area contributed by atoms with E-state index in [0.29, 0.717) is 6.54 Å². The number of nitrogens with zero attached hydrogens (tertiary/aromatic N) is 2. The van der Waals surface area contributed by atoms with Crippen molar-refractivity contribution in [3.8, 4) is 0 Å². The summed E-state index contributed by atoms with van der Waals surface area (Å²) < 4.78 is 0. The second-order valence-electron chi connectivity index (χ2n) is 5.19. The van der Waals surface area contributed by atoms with E-state index in [0.717, 1.165) is 12.8 Å². The van der Waals surface area contributed by atoms with E-state index in [9.17, 15) is 9.59 Å². The fourth-order valence-corrected chi connectivity index (χ4v) is 2.26. The predicted octanol–water partition coefficient (Wildman–Crippen LogP) is 0.753. The van der Waals surface area contributed by atoms with Crippen molar-refractivity contribution in [3.05, 3.63) is 12.7 Å². The Balaban J connectivity index is 2.52. The highest BCUT2D eigenvalue weighted by atomic mass is 16.4. The Kier molecular flexibility index (Phi) is 5.35. The van der Waals surface area contributed by atoms with Gasteiger partial charge in [-0.05, 0) is 33.4 Å². The zero-order valence-corrected chi connectivity index (χ0v) is 11.7. The van der Waals surface area contributed by atoms with Crippen LogP contribution in [-0.2, 0) is 4.79 Å². The highest BCUT2D eigenvalue weighted by molar-refractivity contribution is 5.80. The van der Waals surface area contributed by atoms with Crippen LogP contribution in [0.25, 0.3) is 0 Å². The lowest BCUT2D eigenvalue weighted by molar-refractivity contribution is -0.137. The number of hydrogen-bond donors (Lipinski definition) is 2. The van der Waals surface area contributed by atoms with Crippen molar-refractivity contribution >= 4 is 12.0 Å². The van der Waals surface area contributed by atoms with Gasteiger partial charge in [-0.3, -0.25) is 4.79 Å². The molecular formula is C13H23N3O3. The van der Waals surface area contributed by atoms with Gasteiger partial charge in [0.25, 0.3) is 0 Å². The molecule has 0 aliphatic heterocycles. The van der Waals surface area contributed by atoms with Crippen LogP contribution in [0.5, 0.6) is 0 Å². The maximum atomic E-state index is 12.0. The van der Waals surface area contributed by atoms with E-state index in [1.807, 2.05) is 14.1 Å². The van der Waals surface area contributed by atoms with Crippen LogP contribution in [0.3, 0.4) is 0 Å². The molecule has 108 valence electrons. The molecule has 0 heterocycles. The molecule has 0 unspecified atom stereocenters. The average molecular weight is 269 g/mol. The molecular weight excluding hydrogens is 246 g/mol. The van der Waals surface area contributed by atoms with E-state index >= 15 is 0 Å². The molecule has 0 atom stereocenters. The topological polar surface area (TPSA) is 72.9 Å². The minimum absolute atomic E-state index is 0.0265. The number of carbonyl (C=O) groups excluding carboxylic acids is 1. The van der Waals surface area contributed by atoms with Gasteiger partial charge in [0.15, 0.2) is 0 Å². The van der Waals surface area contributed by atoms with E-state index in [1.165, 1.54) is 17.4 Å². The van der Waals surface area contributed by atoms with Gasteiger partial charge in [0.1, 0.15) is 6.54 Å². The standard InChI is InChI=1S/C13H23N3O3/c1-4-8-16(9-11(17)18)12(19)14-10-13(15(2)3)6-5-7-13/h4H,1,5-10H2,2-3H3,(H,14,19)(H,17,18). The lowest BCUT2D eigenvalue weighted by Crippen LogP contribution is -2.58. The molecule has 0 bridgehead atoms. The number of carbonyl (C=O) groups is 2. The number of carboxylic acid groups (broad SMARTS) is 1. The molecule has 1 fully saturated rings. The van der Waals surface area contributed by atoms with Gasteiger partial charge in [-0.15, -0.1) is 6.58 Å². The number of aliphatic carboxylic acids is 1. The summed E-state index contributed by atoms with van der Waals surface area (Å²) in [6, 6.07) is -0.351. The van der Waals surface area contributed by atoms with Crippen LogP contribution < -0.4 is 5.32 Å². The lowest BCUT2D eigenvalue weighted by Gasteiger charge is -2.47. The SMILES string of the molecule is C=CCN(CC(=O)O)C(=O)NCC1(N(C)C)CCC1.